The molecule has 0 unspecified atom stereocenters. The molecule has 0 aromatic heterocycles. The van der Waals surface area contributed by atoms with E-state index < -0.39 is 9.16 Å². The first kappa shape index (κ1) is 40.9. The van der Waals surface area contributed by atoms with Gasteiger partial charge in [0, 0.05) is 26.3 Å². The first-order valence-corrected chi connectivity index (χ1v) is 27.6. The van der Waals surface area contributed by atoms with E-state index in [1.54, 1.807) is 9.79 Å². The first-order chi connectivity index (χ1) is 33.3. The van der Waals surface area contributed by atoms with Gasteiger partial charge >= 0.3 is 0 Å². The van der Waals surface area contributed by atoms with Crippen LogP contribution in [0.1, 0.15) is 66.5 Å². The fourth-order valence-corrected chi connectivity index (χ4v) is 19.0. The van der Waals surface area contributed by atoms with Crippen LogP contribution in [0.5, 0.6) is 0 Å². The molecule has 3 heterocycles. The molecule has 9 aromatic carbocycles. The highest BCUT2D eigenvalue weighted by molar-refractivity contribution is 8.49. The Balaban J connectivity index is 0.796. The second kappa shape index (κ2) is 15.4. The lowest BCUT2D eigenvalue weighted by Crippen LogP contribution is -2.35. The predicted molar refractivity (Wildman–Crippen MR) is 296 cm³/mol. The zero-order valence-electron chi connectivity index (χ0n) is 39.2. The quantitative estimate of drug-likeness (QED) is 0.136. The van der Waals surface area contributed by atoms with E-state index >= 15 is 0 Å². The average molecular weight is 897 g/mol. The van der Waals surface area contributed by atoms with E-state index in [1.165, 1.54) is 131 Å². The SMILES string of the molecule is CC1(C)c2cc(/C=C/c3ccc(-c4ccc(N5c6ccccc6C=Cc6ccccc65)c5ccccc45)cc3)ccc2-c2ccc(N3c4ccccc4[SH]4(C)(CCCCC4)c4ccccc43)cc21. The van der Waals surface area contributed by atoms with E-state index in [-0.39, 0.29) is 5.41 Å². The molecule has 0 bridgehead atoms. The molecular formula is C65H56N2S. The van der Waals surface area contributed by atoms with Crippen LogP contribution in [-0.4, -0.2) is 17.8 Å². The third kappa shape index (κ3) is 6.11. The van der Waals surface area contributed by atoms with Crippen molar-refractivity contribution in [1.29, 1.82) is 0 Å². The van der Waals surface area contributed by atoms with Crippen molar-refractivity contribution in [2.45, 2.75) is 48.3 Å². The number of anilines is 6. The fourth-order valence-electron chi connectivity index (χ4n) is 12.7. The van der Waals surface area contributed by atoms with Crippen LogP contribution in [0.3, 0.4) is 0 Å². The van der Waals surface area contributed by atoms with Crippen LogP contribution in [-0.2, 0) is 5.41 Å². The van der Waals surface area contributed by atoms with Crippen molar-refractivity contribution in [3.05, 3.63) is 228 Å². The molecule has 1 spiro atoms. The second-order valence-electron chi connectivity index (χ2n) is 20.4. The van der Waals surface area contributed by atoms with Gasteiger partial charge in [-0.25, -0.2) is 9.16 Å². The molecule has 0 radical (unpaired) electrons. The summed E-state index contributed by atoms with van der Waals surface area (Å²) in [6.45, 7) is 4.82. The summed E-state index contributed by atoms with van der Waals surface area (Å²) < 4.78 is 0. The van der Waals surface area contributed by atoms with Crippen molar-refractivity contribution in [2.75, 3.05) is 27.6 Å². The minimum atomic E-state index is -2.34. The number of nitrogens with zero attached hydrogens (tertiary/aromatic N) is 2. The van der Waals surface area contributed by atoms with E-state index in [0.717, 1.165) is 0 Å². The lowest BCUT2D eigenvalue weighted by Gasteiger charge is -2.65. The molecule has 3 aliphatic heterocycles. The van der Waals surface area contributed by atoms with E-state index in [2.05, 4.69) is 248 Å². The van der Waals surface area contributed by atoms with Crippen LogP contribution >= 0.6 is 9.16 Å². The van der Waals surface area contributed by atoms with Crippen LogP contribution < -0.4 is 9.80 Å². The van der Waals surface area contributed by atoms with Gasteiger partial charge in [-0.3, -0.25) is 0 Å². The van der Waals surface area contributed by atoms with Crippen molar-refractivity contribution >= 4 is 78.4 Å². The van der Waals surface area contributed by atoms with Gasteiger partial charge in [-0.2, -0.15) is 0 Å². The monoisotopic (exact) mass is 896 g/mol. The summed E-state index contributed by atoms with van der Waals surface area (Å²) in [5, 5.41) is 2.47. The maximum absolute atomic E-state index is 2.69. The minimum Gasteiger partial charge on any atom is -0.309 e. The van der Waals surface area contributed by atoms with Gasteiger partial charge in [-0.15, -0.1) is 0 Å². The Bertz CT molecular complexity index is 3470. The number of rotatable bonds is 5. The van der Waals surface area contributed by atoms with Gasteiger partial charge in [-0.05, 0) is 146 Å². The van der Waals surface area contributed by atoms with Crippen LogP contribution in [0.2, 0.25) is 0 Å². The Morgan fingerprint density at radius 1 is 0.426 bits per heavy atom. The molecule has 68 heavy (non-hydrogen) atoms. The highest BCUT2D eigenvalue weighted by atomic mass is 32.3. The Kier molecular flexibility index (Phi) is 9.23. The number of para-hydroxylation sites is 4. The molecular weight excluding hydrogens is 841 g/mol. The zero-order chi connectivity index (χ0) is 45.6. The van der Waals surface area contributed by atoms with Crippen molar-refractivity contribution in [3.63, 3.8) is 0 Å². The second-order valence-corrected chi connectivity index (χ2v) is 26.4. The summed E-state index contributed by atoms with van der Waals surface area (Å²) in [6.07, 6.45) is 15.7. The summed E-state index contributed by atoms with van der Waals surface area (Å²) in [5.41, 5.74) is 20.1. The fraction of sp³-hybridized carbons (Fsp3) is 0.138. The van der Waals surface area contributed by atoms with Crippen molar-refractivity contribution in [2.24, 2.45) is 0 Å². The smallest absolute Gasteiger partial charge is 0.0571 e. The van der Waals surface area contributed by atoms with Crippen molar-refractivity contribution in [1.82, 2.24) is 0 Å². The summed E-state index contributed by atoms with van der Waals surface area (Å²) >= 11 is 0. The van der Waals surface area contributed by atoms with Crippen LogP contribution in [0.15, 0.2) is 204 Å². The molecule has 1 fully saturated rings. The van der Waals surface area contributed by atoms with Gasteiger partial charge in [0.1, 0.15) is 0 Å². The van der Waals surface area contributed by atoms with E-state index in [1.807, 2.05) is 0 Å². The molecule has 2 nitrogen and oxygen atoms in total. The van der Waals surface area contributed by atoms with Crippen molar-refractivity contribution in [3.8, 4) is 22.3 Å². The zero-order valence-corrected chi connectivity index (χ0v) is 40.1. The summed E-state index contributed by atoms with van der Waals surface area (Å²) in [7, 11) is -2.34. The van der Waals surface area contributed by atoms with E-state index in [9.17, 15) is 0 Å². The number of hydrogen-bond acceptors (Lipinski definition) is 2. The van der Waals surface area contributed by atoms with Gasteiger partial charge in [-0.1, -0.05) is 184 Å². The molecule has 332 valence electrons. The van der Waals surface area contributed by atoms with Gasteiger partial charge in [0.2, 0.25) is 0 Å². The molecule has 13 rings (SSSR count). The molecule has 0 saturated carbocycles. The molecule has 0 N–H and O–H groups in total. The van der Waals surface area contributed by atoms with Gasteiger partial charge in [0.15, 0.2) is 0 Å². The Morgan fingerprint density at radius 2 is 0.941 bits per heavy atom. The normalized spacial score (nSPS) is 17.3. The van der Waals surface area contributed by atoms with E-state index in [0.29, 0.717) is 0 Å². The Hall–Kier alpha value is -7.33. The minimum absolute atomic E-state index is 0.152. The van der Waals surface area contributed by atoms with E-state index in [4.69, 9.17) is 0 Å². The molecule has 1 aliphatic carbocycles. The number of fused-ring (bicyclic) bond motifs is 10. The van der Waals surface area contributed by atoms with Gasteiger partial charge in [0.05, 0.1) is 28.4 Å². The third-order valence-corrected chi connectivity index (χ3v) is 22.9. The first-order valence-electron chi connectivity index (χ1n) is 24.5. The molecule has 1 saturated heterocycles. The third-order valence-electron chi connectivity index (χ3n) is 16.2. The topological polar surface area (TPSA) is 6.48 Å². The van der Waals surface area contributed by atoms with Crippen LogP contribution in [0.25, 0.3) is 57.3 Å². The standard InChI is InChI=1S/C65H56N2S/c1-65(2)56-43-46(31-37-53(56)54-38-36-50(44-57(54)65)66-61-23-11-13-25-63(61)68(3,41-15-4-16-42-68)64-26-14-12-24-62(64)66)28-27-45-29-32-47(33-30-45)51-39-40-60(55-20-8-7-19-52(51)55)67-58-21-9-5-17-48(58)34-35-49-18-6-10-22-59(49)67/h5-14,17-40,43-44,68H,4,15-16,41-42H2,1-3H3/b28-27+. The average Bonchev–Trinajstić information content (AvgIpc) is 3.48. The summed E-state index contributed by atoms with van der Waals surface area (Å²) in [5.74, 6) is 2.64. The molecule has 0 amide bonds. The lowest BCUT2D eigenvalue weighted by molar-refractivity contribution is 0.660. The molecule has 9 aromatic rings. The highest BCUT2D eigenvalue weighted by Gasteiger charge is 2.48. The number of thiol groups is 1. The largest absolute Gasteiger partial charge is 0.309 e. The summed E-state index contributed by atoms with van der Waals surface area (Å²) in [4.78, 5) is 8.23. The predicted octanol–water partition coefficient (Wildman–Crippen LogP) is 18.0. The lowest BCUT2D eigenvalue weighted by atomic mass is 9.81. The molecule has 0 atom stereocenters. The Morgan fingerprint density at radius 3 is 1.60 bits per heavy atom. The van der Waals surface area contributed by atoms with Crippen molar-refractivity contribution < 1.29 is 0 Å². The maximum atomic E-state index is 2.69. The number of hydrogen-bond donors (Lipinski definition) is 1. The van der Waals surface area contributed by atoms with Gasteiger partial charge in [0.25, 0.3) is 0 Å². The summed E-state index contributed by atoms with van der Waals surface area (Å²) in [6, 6.07) is 73.1. The number of benzene rings is 9. The molecule has 3 heteroatoms. The molecule has 4 aliphatic rings. The van der Waals surface area contributed by atoms with Crippen LogP contribution in [0.4, 0.5) is 34.1 Å². The highest BCUT2D eigenvalue weighted by Crippen LogP contribution is 2.85. The Labute approximate surface area is 401 Å². The maximum Gasteiger partial charge on any atom is 0.0571 e. The van der Waals surface area contributed by atoms with Gasteiger partial charge < -0.3 is 9.80 Å². The van der Waals surface area contributed by atoms with Crippen LogP contribution in [0, 0.1) is 0 Å².